The highest BCUT2D eigenvalue weighted by Gasteiger charge is 2.20. The smallest absolute Gasteiger partial charge is 0.303 e. The summed E-state index contributed by atoms with van der Waals surface area (Å²) in [6.45, 7) is 8.01. The third-order valence-electron chi connectivity index (χ3n) is 3.52. The summed E-state index contributed by atoms with van der Waals surface area (Å²) >= 11 is 0. The monoisotopic (exact) mass is 299 g/mol. The maximum absolute atomic E-state index is 11.9. The Labute approximate surface area is 127 Å². The number of carbonyl (C=O) groups is 2. The normalized spacial score (nSPS) is 18.4. The zero-order valence-electron chi connectivity index (χ0n) is 13.2. The summed E-state index contributed by atoms with van der Waals surface area (Å²) in [5.41, 5.74) is 0. The van der Waals surface area contributed by atoms with Gasteiger partial charge in [-0.15, -0.1) is 0 Å². The first-order valence-electron chi connectivity index (χ1n) is 7.91. The summed E-state index contributed by atoms with van der Waals surface area (Å²) < 4.78 is 0. The highest BCUT2D eigenvalue weighted by atomic mass is 16.4. The van der Waals surface area contributed by atoms with Crippen molar-refractivity contribution >= 4 is 11.9 Å². The molecule has 3 N–H and O–H groups in total. The second-order valence-corrected chi connectivity index (χ2v) is 6.23. The molecule has 6 nitrogen and oxygen atoms in total. The molecule has 0 bridgehead atoms. The van der Waals surface area contributed by atoms with Gasteiger partial charge in [-0.1, -0.05) is 13.8 Å². The number of aliphatic carboxylic acids is 1. The molecule has 122 valence electrons. The number of nitrogens with zero attached hydrogens (tertiary/aromatic N) is 1. The predicted octanol–water partition coefficient (Wildman–Crippen LogP) is 0.677. The quantitative estimate of drug-likeness (QED) is 0.517. The van der Waals surface area contributed by atoms with Crippen LogP contribution in [0, 0.1) is 5.92 Å². The fraction of sp³-hybridized carbons (Fsp3) is 0.867. The van der Waals surface area contributed by atoms with Crippen LogP contribution in [0.4, 0.5) is 0 Å². The highest BCUT2D eigenvalue weighted by molar-refractivity contribution is 5.78. The number of nitrogens with one attached hydrogen (secondary N) is 2. The van der Waals surface area contributed by atoms with Gasteiger partial charge in [0.1, 0.15) is 0 Å². The molecule has 0 aromatic rings. The van der Waals surface area contributed by atoms with Crippen LogP contribution in [0.15, 0.2) is 0 Å². The van der Waals surface area contributed by atoms with Crippen molar-refractivity contribution in [3.8, 4) is 0 Å². The molecular weight excluding hydrogens is 270 g/mol. The van der Waals surface area contributed by atoms with Crippen LogP contribution in [0.3, 0.4) is 0 Å². The van der Waals surface area contributed by atoms with E-state index in [0.29, 0.717) is 31.5 Å². The number of carboxylic acids is 1. The Morgan fingerprint density at radius 1 is 1.43 bits per heavy atom. The van der Waals surface area contributed by atoms with E-state index in [0.717, 1.165) is 19.6 Å². The van der Waals surface area contributed by atoms with Gasteiger partial charge in [-0.3, -0.25) is 14.5 Å². The average Bonchev–Trinajstić information content (AvgIpc) is 2.86. The van der Waals surface area contributed by atoms with E-state index in [9.17, 15) is 9.59 Å². The van der Waals surface area contributed by atoms with Crippen LogP contribution >= 0.6 is 0 Å². The van der Waals surface area contributed by atoms with E-state index < -0.39 is 5.97 Å². The molecule has 0 spiro atoms. The molecule has 21 heavy (non-hydrogen) atoms. The SMILES string of the molecule is CC(C)CN(CC(=O)NCCCC(=O)O)CC1CCCN1. The van der Waals surface area contributed by atoms with E-state index in [1.54, 1.807) is 0 Å². The molecule has 0 aromatic carbocycles. The van der Waals surface area contributed by atoms with Gasteiger partial charge in [-0.25, -0.2) is 0 Å². The van der Waals surface area contributed by atoms with E-state index >= 15 is 0 Å². The molecule has 1 aliphatic heterocycles. The fourth-order valence-electron chi connectivity index (χ4n) is 2.67. The van der Waals surface area contributed by atoms with Gasteiger partial charge in [0, 0.05) is 32.1 Å². The lowest BCUT2D eigenvalue weighted by Crippen LogP contribution is -2.44. The summed E-state index contributed by atoms with van der Waals surface area (Å²) in [5.74, 6) is -0.316. The Morgan fingerprint density at radius 2 is 2.19 bits per heavy atom. The molecule has 1 rings (SSSR count). The minimum atomic E-state index is -0.821. The first-order valence-corrected chi connectivity index (χ1v) is 7.91. The van der Waals surface area contributed by atoms with Crippen LogP contribution in [-0.4, -0.2) is 60.6 Å². The first-order chi connectivity index (χ1) is 9.97. The van der Waals surface area contributed by atoms with E-state index in [1.807, 2.05) is 0 Å². The summed E-state index contributed by atoms with van der Waals surface area (Å²) in [6.07, 6.45) is 2.97. The number of hydrogen-bond acceptors (Lipinski definition) is 4. The van der Waals surface area contributed by atoms with Crippen LogP contribution in [-0.2, 0) is 9.59 Å². The average molecular weight is 299 g/mol. The van der Waals surface area contributed by atoms with E-state index in [4.69, 9.17) is 5.11 Å². The van der Waals surface area contributed by atoms with Crippen molar-refractivity contribution in [1.29, 1.82) is 0 Å². The number of carbonyl (C=O) groups excluding carboxylic acids is 1. The van der Waals surface area contributed by atoms with Crippen molar-refractivity contribution in [2.75, 3.05) is 32.7 Å². The van der Waals surface area contributed by atoms with Crippen molar-refractivity contribution in [3.63, 3.8) is 0 Å². The van der Waals surface area contributed by atoms with E-state index in [1.165, 1.54) is 12.8 Å². The molecule has 1 heterocycles. The van der Waals surface area contributed by atoms with Crippen LogP contribution in [0.2, 0.25) is 0 Å². The Hall–Kier alpha value is -1.14. The molecule has 1 aliphatic rings. The van der Waals surface area contributed by atoms with Crippen LogP contribution < -0.4 is 10.6 Å². The Bertz CT molecular complexity index is 328. The van der Waals surface area contributed by atoms with Crippen molar-refractivity contribution in [2.45, 2.75) is 45.6 Å². The molecular formula is C15H29N3O3. The van der Waals surface area contributed by atoms with Gasteiger partial charge >= 0.3 is 5.97 Å². The maximum Gasteiger partial charge on any atom is 0.303 e. The molecule has 1 unspecified atom stereocenters. The Kier molecular flexibility index (Phi) is 8.30. The summed E-state index contributed by atoms with van der Waals surface area (Å²) in [4.78, 5) is 24.5. The van der Waals surface area contributed by atoms with Gasteiger partial charge in [-0.2, -0.15) is 0 Å². The lowest BCUT2D eigenvalue weighted by atomic mass is 10.1. The Morgan fingerprint density at radius 3 is 2.76 bits per heavy atom. The van der Waals surface area contributed by atoms with Crippen molar-refractivity contribution in [1.82, 2.24) is 15.5 Å². The molecule has 0 saturated carbocycles. The molecule has 6 heteroatoms. The molecule has 0 radical (unpaired) electrons. The first kappa shape index (κ1) is 17.9. The molecule has 1 fully saturated rings. The zero-order valence-corrected chi connectivity index (χ0v) is 13.2. The van der Waals surface area contributed by atoms with Gasteiger partial charge in [0.15, 0.2) is 0 Å². The minimum Gasteiger partial charge on any atom is -0.481 e. The fourth-order valence-corrected chi connectivity index (χ4v) is 2.67. The van der Waals surface area contributed by atoms with E-state index in [2.05, 4.69) is 29.4 Å². The minimum absolute atomic E-state index is 0.0148. The van der Waals surface area contributed by atoms with Crippen LogP contribution in [0.1, 0.15) is 39.5 Å². The van der Waals surface area contributed by atoms with E-state index in [-0.39, 0.29) is 12.3 Å². The predicted molar refractivity (Wildman–Crippen MR) is 82.2 cm³/mol. The topological polar surface area (TPSA) is 81.7 Å². The van der Waals surface area contributed by atoms with Gasteiger partial charge in [0.2, 0.25) is 5.91 Å². The van der Waals surface area contributed by atoms with Crippen molar-refractivity contribution in [3.05, 3.63) is 0 Å². The highest BCUT2D eigenvalue weighted by Crippen LogP contribution is 2.08. The van der Waals surface area contributed by atoms with Crippen LogP contribution in [0.5, 0.6) is 0 Å². The third-order valence-corrected chi connectivity index (χ3v) is 3.52. The molecule has 0 aliphatic carbocycles. The van der Waals surface area contributed by atoms with Gasteiger partial charge < -0.3 is 15.7 Å². The summed E-state index contributed by atoms with van der Waals surface area (Å²) in [5, 5.41) is 14.8. The largest absolute Gasteiger partial charge is 0.481 e. The number of amides is 1. The molecule has 1 saturated heterocycles. The second-order valence-electron chi connectivity index (χ2n) is 6.23. The molecule has 1 atom stereocenters. The van der Waals surface area contributed by atoms with Gasteiger partial charge in [0.25, 0.3) is 0 Å². The van der Waals surface area contributed by atoms with Crippen LogP contribution in [0.25, 0.3) is 0 Å². The standard InChI is InChI=1S/C15H29N3O3/c1-12(2)9-18(10-13-5-3-7-16-13)11-14(19)17-8-4-6-15(20)21/h12-13,16H,3-11H2,1-2H3,(H,17,19)(H,20,21). The number of hydrogen-bond donors (Lipinski definition) is 3. The lowest BCUT2D eigenvalue weighted by molar-refractivity contribution is -0.137. The molecule has 0 aromatic heterocycles. The van der Waals surface area contributed by atoms with Gasteiger partial charge in [0.05, 0.1) is 6.54 Å². The summed E-state index contributed by atoms with van der Waals surface area (Å²) in [6, 6.07) is 0.489. The number of rotatable bonds is 10. The maximum atomic E-state index is 11.9. The summed E-state index contributed by atoms with van der Waals surface area (Å²) in [7, 11) is 0. The number of carboxylic acid groups (broad SMARTS) is 1. The third kappa shape index (κ3) is 8.67. The van der Waals surface area contributed by atoms with Crippen molar-refractivity contribution in [2.24, 2.45) is 5.92 Å². The molecule has 1 amide bonds. The zero-order chi connectivity index (χ0) is 15.7. The Balaban J connectivity index is 2.29. The lowest BCUT2D eigenvalue weighted by Gasteiger charge is -2.26. The van der Waals surface area contributed by atoms with Crippen molar-refractivity contribution < 1.29 is 14.7 Å². The second kappa shape index (κ2) is 9.73. The van der Waals surface area contributed by atoms with Gasteiger partial charge in [-0.05, 0) is 31.7 Å².